The Kier molecular flexibility index (Phi) is 9.35. The highest BCUT2D eigenvalue weighted by Gasteiger charge is 2.37. The maximum absolute atomic E-state index is 11.7. The Balaban J connectivity index is 2.64. The lowest BCUT2D eigenvalue weighted by Gasteiger charge is -2.35. The van der Waals surface area contributed by atoms with E-state index in [0.29, 0.717) is 17.9 Å². The average Bonchev–Trinajstić information content (AvgIpc) is 2.60. The van der Waals surface area contributed by atoms with Gasteiger partial charge in [0.05, 0.1) is 6.61 Å². The smallest absolute Gasteiger partial charge is 0.407 e. The minimum Gasteiger partial charge on any atom is -0.493 e. The third kappa shape index (κ3) is 8.63. The van der Waals surface area contributed by atoms with Crippen LogP contribution in [0.15, 0.2) is 24.3 Å². The van der Waals surface area contributed by atoms with E-state index in [1.54, 1.807) is 45.0 Å². The lowest BCUT2D eigenvalue weighted by molar-refractivity contribution is 0.0116. The molecule has 1 rings (SSSR count). The van der Waals surface area contributed by atoms with Gasteiger partial charge >= 0.3 is 6.09 Å². The first-order chi connectivity index (χ1) is 13.6. The molecule has 0 unspecified atom stereocenters. The van der Waals surface area contributed by atoms with Gasteiger partial charge in [0.2, 0.25) is 0 Å². The fourth-order valence-corrected chi connectivity index (χ4v) is 3.47. The lowest BCUT2D eigenvalue weighted by Crippen LogP contribution is -2.39. The van der Waals surface area contributed by atoms with E-state index in [1.807, 2.05) is 13.1 Å². The summed E-state index contributed by atoms with van der Waals surface area (Å²) >= 11 is 0. The summed E-state index contributed by atoms with van der Waals surface area (Å²) in [5, 5.41) is 23.2. The van der Waals surface area contributed by atoms with Crippen molar-refractivity contribution in [1.29, 1.82) is 0 Å². The Labute approximate surface area is 181 Å². The number of amides is 1. The number of aliphatic hydroxyl groups excluding tert-OH is 2. The first kappa shape index (κ1) is 26.4. The summed E-state index contributed by atoms with van der Waals surface area (Å²) in [7, 11) is -2.26. The highest BCUT2D eigenvalue weighted by atomic mass is 28.4. The molecule has 0 aromatic heterocycles. The molecular weight excluding hydrogens is 402 g/mol. The van der Waals surface area contributed by atoms with Crippen LogP contribution in [0.5, 0.6) is 5.75 Å². The van der Waals surface area contributed by atoms with Crippen LogP contribution in [0.2, 0.25) is 18.1 Å². The van der Waals surface area contributed by atoms with Crippen LogP contribution in [0.1, 0.15) is 59.1 Å². The summed E-state index contributed by atoms with van der Waals surface area (Å²) in [4.78, 5) is 22.1. The fourth-order valence-electron chi connectivity index (χ4n) is 2.68. The van der Waals surface area contributed by atoms with Crippen LogP contribution in [-0.2, 0) is 4.74 Å². The highest BCUT2D eigenvalue weighted by molar-refractivity contribution is 6.72. The van der Waals surface area contributed by atoms with Crippen LogP contribution < -0.4 is 10.1 Å². The second-order valence-corrected chi connectivity index (χ2v) is 14.3. The first-order valence-electron chi connectivity index (χ1n) is 10.4. The van der Waals surface area contributed by atoms with Gasteiger partial charge in [-0.05, 0) is 57.8 Å². The average molecular weight is 442 g/mol. The molecule has 0 aliphatic heterocycles. The van der Waals surface area contributed by atoms with E-state index in [9.17, 15) is 19.8 Å². The van der Waals surface area contributed by atoms with Crippen LogP contribution in [0, 0.1) is 0 Å². The van der Waals surface area contributed by atoms with Crippen LogP contribution in [0.4, 0.5) is 4.79 Å². The van der Waals surface area contributed by atoms with Gasteiger partial charge < -0.3 is 29.8 Å². The number of carbonyl (C=O) groups excluding carboxylic acids is 1. The summed E-state index contributed by atoms with van der Waals surface area (Å²) in [6.45, 7) is 13.5. The number of ether oxygens (including phenoxy) is 2. The summed E-state index contributed by atoms with van der Waals surface area (Å²) in [5.74, 6) is 0.486. The summed E-state index contributed by atoms with van der Waals surface area (Å²) < 4.78 is 11.0. The van der Waals surface area contributed by atoms with Gasteiger partial charge in [-0.15, -0.1) is 0 Å². The Bertz CT molecular complexity index is 681. The van der Waals surface area contributed by atoms with Crippen LogP contribution in [0.3, 0.4) is 0 Å². The molecule has 1 aromatic carbocycles. The van der Waals surface area contributed by atoms with Crippen molar-refractivity contribution in [1.82, 2.24) is 5.32 Å². The molecule has 0 saturated heterocycles. The van der Waals surface area contributed by atoms with E-state index in [0.717, 1.165) is 12.8 Å². The van der Waals surface area contributed by atoms with E-state index < -0.39 is 32.2 Å². The quantitative estimate of drug-likeness (QED) is 0.325. The van der Waals surface area contributed by atoms with E-state index in [4.69, 9.17) is 9.47 Å². The Hall–Kier alpha value is -1.61. The van der Waals surface area contributed by atoms with Gasteiger partial charge in [0, 0.05) is 12.1 Å². The Morgan fingerprint density at radius 2 is 1.73 bits per heavy atom. The van der Waals surface area contributed by atoms with Crippen LogP contribution in [-0.4, -0.2) is 54.3 Å². The minimum atomic E-state index is -2.26. The topological polar surface area (TPSA) is 108 Å². The van der Waals surface area contributed by atoms with E-state index >= 15 is 0 Å². The molecule has 7 nitrogen and oxygen atoms in total. The number of nitrogens with one attached hydrogen (secondary N) is 1. The molecule has 30 heavy (non-hydrogen) atoms. The van der Waals surface area contributed by atoms with Gasteiger partial charge in [0.15, 0.2) is 8.32 Å². The van der Waals surface area contributed by atoms with E-state index in [2.05, 4.69) is 19.2 Å². The van der Waals surface area contributed by atoms with Gasteiger partial charge in [-0.2, -0.15) is 0 Å². The number of aliphatic hydroxyl groups is 2. The molecule has 0 saturated carbocycles. The highest BCUT2D eigenvalue weighted by Crippen LogP contribution is 2.39. The predicted octanol–water partition coefficient (Wildman–Crippen LogP) is 3.74. The standard InChI is InChI=1S/C22H39NO6Si/c1-21(2,3)29-20(26)23-15-17(24)19(25)16-11-8-9-12-18(16)28-14-10-13-22(4,5)30(6,7)27/h8-9,11-12,17,19,24-25,27H,10,13-15H2,1-7H3,(H,23,26)/t17-,19-/m1/s1. The molecular formula is C22H39NO6Si. The molecule has 8 heteroatoms. The Morgan fingerprint density at radius 3 is 2.30 bits per heavy atom. The largest absolute Gasteiger partial charge is 0.493 e. The second kappa shape index (κ2) is 10.6. The second-order valence-electron chi connectivity index (χ2n) is 9.83. The van der Waals surface area contributed by atoms with Gasteiger partial charge in [-0.25, -0.2) is 4.79 Å². The van der Waals surface area contributed by atoms with Crippen molar-refractivity contribution in [3.63, 3.8) is 0 Å². The zero-order chi connectivity index (χ0) is 23.2. The predicted molar refractivity (Wildman–Crippen MR) is 120 cm³/mol. The molecule has 0 fully saturated rings. The van der Waals surface area contributed by atoms with Crippen molar-refractivity contribution in [3.8, 4) is 5.75 Å². The van der Waals surface area contributed by atoms with E-state index in [1.165, 1.54) is 0 Å². The minimum absolute atomic E-state index is 0.126. The van der Waals surface area contributed by atoms with Crippen molar-refractivity contribution in [2.45, 2.75) is 83.4 Å². The SMILES string of the molecule is CC(C)(C)OC(=O)NC[C@@H](O)[C@H](O)c1ccccc1OCCCC(C)(C)[Si](C)(C)O. The Morgan fingerprint density at radius 1 is 1.13 bits per heavy atom. The monoisotopic (exact) mass is 441 g/mol. The number of hydrogen-bond donors (Lipinski definition) is 4. The molecule has 0 aliphatic carbocycles. The summed E-state index contributed by atoms with van der Waals surface area (Å²) in [6, 6.07) is 6.97. The number of carbonyl (C=O) groups is 1. The normalized spacial score (nSPS) is 14.7. The number of benzene rings is 1. The summed E-state index contributed by atoms with van der Waals surface area (Å²) in [6.07, 6.45) is -1.51. The number of rotatable bonds is 10. The van der Waals surface area contributed by atoms with Crippen molar-refractivity contribution in [2.24, 2.45) is 0 Å². The van der Waals surface area contributed by atoms with Crippen LogP contribution in [0.25, 0.3) is 0 Å². The van der Waals surface area contributed by atoms with Crippen molar-refractivity contribution < 1.29 is 29.3 Å². The maximum Gasteiger partial charge on any atom is 0.407 e. The maximum atomic E-state index is 11.7. The number of alkyl carbamates (subject to hydrolysis) is 1. The number of hydrogen-bond acceptors (Lipinski definition) is 6. The molecule has 2 atom stereocenters. The third-order valence-electron chi connectivity index (χ3n) is 5.32. The van der Waals surface area contributed by atoms with Crippen molar-refractivity contribution >= 4 is 14.4 Å². The van der Waals surface area contributed by atoms with Crippen LogP contribution >= 0.6 is 0 Å². The fraction of sp³-hybridized carbons (Fsp3) is 0.682. The molecule has 4 N–H and O–H groups in total. The van der Waals surface area contributed by atoms with Gasteiger partial charge in [0.1, 0.15) is 23.6 Å². The van der Waals surface area contributed by atoms with Gasteiger partial charge in [-0.3, -0.25) is 0 Å². The van der Waals surface area contributed by atoms with Crippen molar-refractivity contribution in [2.75, 3.05) is 13.2 Å². The zero-order valence-corrected chi connectivity index (χ0v) is 20.4. The molecule has 0 radical (unpaired) electrons. The van der Waals surface area contributed by atoms with Gasteiger partial charge in [-0.1, -0.05) is 32.0 Å². The summed E-state index contributed by atoms with van der Waals surface area (Å²) in [5.41, 5.74) is -0.191. The molecule has 1 amide bonds. The third-order valence-corrected chi connectivity index (χ3v) is 8.88. The molecule has 0 aliphatic rings. The van der Waals surface area contributed by atoms with Gasteiger partial charge in [0.25, 0.3) is 0 Å². The molecule has 0 spiro atoms. The lowest BCUT2D eigenvalue weighted by atomic mass is 10.0. The van der Waals surface area contributed by atoms with Crippen molar-refractivity contribution in [3.05, 3.63) is 29.8 Å². The molecule has 0 heterocycles. The zero-order valence-electron chi connectivity index (χ0n) is 19.4. The molecule has 0 bridgehead atoms. The first-order valence-corrected chi connectivity index (χ1v) is 13.4. The number of para-hydroxylation sites is 1. The molecule has 1 aromatic rings. The molecule has 172 valence electrons. The van der Waals surface area contributed by atoms with E-state index in [-0.39, 0.29) is 11.6 Å².